The van der Waals surface area contributed by atoms with Crippen LogP contribution in [-0.2, 0) is 65.4 Å². The van der Waals surface area contributed by atoms with Crippen LogP contribution in [0.25, 0.3) is 0 Å². The molecule has 19 heteroatoms. The number of carbonyl (C=O) groups excluding carboxylic acids is 4. The van der Waals surface area contributed by atoms with Crippen molar-refractivity contribution >= 4 is 39.5 Å². The van der Waals surface area contributed by atoms with E-state index in [1.54, 1.807) is 0 Å². The summed E-state index contributed by atoms with van der Waals surface area (Å²) in [5, 5.41) is 10.6. The van der Waals surface area contributed by atoms with Crippen LogP contribution in [0.15, 0.2) is 24.3 Å². The van der Waals surface area contributed by atoms with Gasteiger partial charge in [-0.2, -0.15) is 0 Å². The minimum Gasteiger partial charge on any atom is -0.462 e. The van der Waals surface area contributed by atoms with Crippen LogP contribution in [0.1, 0.15) is 325 Å². The highest BCUT2D eigenvalue weighted by atomic mass is 31.2. The summed E-state index contributed by atoms with van der Waals surface area (Å²) in [4.78, 5) is 72.5. The van der Waals surface area contributed by atoms with Crippen molar-refractivity contribution in [1.29, 1.82) is 0 Å². The SMILES string of the molecule is CCCCCC/C=C\C=C/CCCCCCCC(=O)O[C@H](COC(=O)CCCCCCCCCCCC(C)C)COP(=O)(O)OCC(O)COP(=O)(O)OC[C@@H](COC(=O)CCCCCCCCCC(C)C)OC(=O)CCCCCCCCCCCC(C)C. The van der Waals surface area contributed by atoms with Crippen LogP contribution >= 0.6 is 15.6 Å². The maximum atomic E-state index is 13.0. The van der Waals surface area contributed by atoms with Crippen LogP contribution in [0, 0.1) is 17.8 Å². The van der Waals surface area contributed by atoms with Gasteiger partial charge >= 0.3 is 39.5 Å². The average molecular weight is 1310 g/mol. The van der Waals surface area contributed by atoms with E-state index in [4.69, 9.17) is 37.0 Å². The van der Waals surface area contributed by atoms with Gasteiger partial charge in [-0.25, -0.2) is 9.13 Å². The first kappa shape index (κ1) is 86.5. The van der Waals surface area contributed by atoms with E-state index in [0.29, 0.717) is 31.6 Å². The third kappa shape index (κ3) is 64.1. The van der Waals surface area contributed by atoms with E-state index in [2.05, 4.69) is 72.8 Å². The molecule has 0 aromatic carbocycles. The van der Waals surface area contributed by atoms with Gasteiger partial charge in [0.25, 0.3) is 0 Å². The summed E-state index contributed by atoms with van der Waals surface area (Å²) in [7, 11) is -9.91. The van der Waals surface area contributed by atoms with Gasteiger partial charge in [-0.15, -0.1) is 0 Å². The molecule has 0 bridgehead atoms. The highest BCUT2D eigenvalue weighted by molar-refractivity contribution is 7.47. The van der Waals surface area contributed by atoms with Crippen molar-refractivity contribution in [3.63, 3.8) is 0 Å². The van der Waals surface area contributed by atoms with Crippen LogP contribution in [0.5, 0.6) is 0 Å². The van der Waals surface area contributed by atoms with Crippen molar-refractivity contribution in [3.05, 3.63) is 24.3 Å². The van der Waals surface area contributed by atoms with Gasteiger partial charge in [0, 0.05) is 25.7 Å². The average Bonchev–Trinajstić information content (AvgIpc) is 3.53. The Morgan fingerprint density at radius 3 is 0.910 bits per heavy atom. The molecule has 0 fully saturated rings. The standard InChI is InChI=1S/C70H132O17P2/c1-8-9-10-11-12-13-14-15-16-17-18-23-31-39-46-53-69(74)86-65(57-80-67(72)51-44-37-30-24-19-21-27-34-41-48-61(2)3)59-84-88(76,77)82-55-64(71)56-83-89(78,79)85-60-66(58-81-68(73)52-45-38-33-26-29-36-43-50-63(6)7)87-70(75)54-47-40-32-25-20-22-28-35-42-49-62(4)5/h13-16,61-66,71H,8-12,17-60H2,1-7H3,(H,76,77)(H,78,79)/b14-13-,16-15-/t64?,65-,66-/m1/s1. The summed E-state index contributed by atoms with van der Waals surface area (Å²) in [6.07, 6.45) is 46.7. The summed E-state index contributed by atoms with van der Waals surface area (Å²) in [6.45, 7) is 11.7. The Kier molecular flexibility index (Phi) is 58.8. The van der Waals surface area contributed by atoms with Crippen molar-refractivity contribution in [2.75, 3.05) is 39.6 Å². The fourth-order valence-corrected chi connectivity index (χ4v) is 11.6. The quantitative estimate of drug-likeness (QED) is 0.0169. The van der Waals surface area contributed by atoms with Gasteiger partial charge in [-0.1, -0.05) is 272 Å². The number of unbranched alkanes of at least 4 members (excludes halogenated alkanes) is 31. The monoisotopic (exact) mass is 1310 g/mol. The molecule has 3 unspecified atom stereocenters. The van der Waals surface area contributed by atoms with Crippen LogP contribution in [0.2, 0.25) is 0 Å². The largest absolute Gasteiger partial charge is 0.472 e. The van der Waals surface area contributed by atoms with Gasteiger partial charge in [0.05, 0.1) is 26.4 Å². The summed E-state index contributed by atoms with van der Waals surface area (Å²) in [5.74, 6) is 0.0202. The number of allylic oxidation sites excluding steroid dienone is 4. The summed E-state index contributed by atoms with van der Waals surface area (Å²) in [5.41, 5.74) is 0. The predicted molar refractivity (Wildman–Crippen MR) is 358 cm³/mol. The molecule has 0 aliphatic heterocycles. The Hall–Kier alpha value is -2.46. The molecule has 0 amide bonds. The fourth-order valence-electron chi connectivity index (χ4n) is 10.0. The molecular weight excluding hydrogens is 1170 g/mol. The van der Waals surface area contributed by atoms with Gasteiger partial charge in [-0.05, 0) is 69.1 Å². The van der Waals surface area contributed by atoms with Gasteiger partial charge < -0.3 is 33.8 Å². The molecule has 0 rings (SSSR count). The highest BCUT2D eigenvalue weighted by Crippen LogP contribution is 2.45. The summed E-state index contributed by atoms with van der Waals surface area (Å²) >= 11 is 0. The Labute approximate surface area is 542 Å². The zero-order valence-corrected chi connectivity index (χ0v) is 59.2. The lowest BCUT2D eigenvalue weighted by atomic mass is 10.0. The van der Waals surface area contributed by atoms with Crippen molar-refractivity contribution in [2.45, 2.75) is 343 Å². The topological polar surface area (TPSA) is 237 Å². The highest BCUT2D eigenvalue weighted by Gasteiger charge is 2.30. The fraction of sp³-hybridized carbons (Fsp3) is 0.886. The molecule has 0 saturated heterocycles. The Bertz CT molecular complexity index is 1840. The Balaban J connectivity index is 5.30. The summed E-state index contributed by atoms with van der Waals surface area (Å²) < 4.78 is 68.2. The van der Waals surface area contributed by atoms with Crippen LogP contribution in [0.3, 0.4) is 0 Å². The molecule has 89 heavy (non-hydrogen) atoms. The van der Waals surface area contributed by atoms with Crippen molar-refractivity contribution in [1.82, 2.24) is 0 Å². The number of ether oxygens (including phenoxy) is 4. The Morgan fingerprint density at radius 2 is 0.607 bits per heavy atom. The van der Waals surface area contributed by atoms with Crippen molar-refractivity contribution < 1.29 is 80.2 Å². The number of hydrogen-bond donors (Lipinski definition) is 3. The summed E-state index contributed by atoms with van der Waals surface area (Å²) in [6, 6.07) is 0. The number of carbonyl (C=O) groups is 4. The zero-order valence-electron chi connectivity index (χ0n) is 57.4. The Morgan fingerprint density at radius 1 is 0.348 bits per heavy atom. The van der Waals surface area contributed by atoms with E-state index in [9.17, 15) is 43.2 Å². The second-order valence-corrected chi connectivity index (χ2v) is 28.9. The van der Waals surface area contributed by atoms with Crippen molar-refractivity contribution in [3.8, 4) is 0 Å². The molecule has 0 aliphatic rings. The molecule has 0 aliphatic carbocycles. The van der Waals surface area contributed by atoms with Gasteiger partial charge in [-0.3, -0.25) is 37.3 Å². The van der Waals surface area contributed by atoms with Gasteiger partial charge in [0.15, 0.2) is 12.2 Å². The van der Waals surface area contributed by atoms with Crippen molar-refractivity contribution in [2.24, 2.45) is 17.8 Å². The lowest BCUT2D eigenvalue weighted by molar-refractivity contribution is -0.161. The third-order valence-corrected chi connectivity index (χ3v) is 17.4. The molecule has 524 valence electrons. The molecule has 0 heterocycles. The molecule has 3 N–H and O–H groups in total. The van der Waals surface area contributed by atoms with Gasteiger partial charge in [0.2, 0.25) is 0 Å². The van der Waals surface area contributed by atoms with Crippen LogP contribution in [-0.4, -0.2) is 96.7 Å². The number of aliphatic hydroxyl groups excluding tert-OH is 1. The van der Waals surface area contributed by atoms with E-state index in [1.165, 1.54) is 116 Å². The molecule has 0 spiro atoms. The van der Waals surface area contributed by atoms with Gasteiger partial charge in [0.1, 0.15) is 19.3 Å². The molecule has 0 aromatic heterocycles. The van der Waals surface area contributed by atoms with Crippen LogP contribution < -0.4 is 0 Å². The number of rotatable bonds is 66. The number of aliphatic hydroxyl groups is 1. The van der Waals surface area contributed by atoms with E-state index in [1.807, 2.05) is 0 Å². The number of esters is 4. The first-order chi connectivity index (χ1) is 42.7. The normalized spacial score (nSPS) is 14.4. The molecule has 0 saturated carbocycles. The molecular formula is C70H132O17P2. The van der Waals surface area contributed by atoms with Crippen LogP contribution in [0.4, 0.5) is 0 Å². The lowest BCUT2D eigenvalue weighted by Gasteiger charge is -2.21. The maximum absolute atomic E-state index is 13.0. The molecule has 0 aromatic rings. The first-order valence-corrected chi connectivity index (χ1v) is 38.7. The van der Waals surface area contributed by atoms with E-state index in [-0.39, 0.29) is 25.7 Å². The smallest absolute Gasteiger partial charge is 0.462 e. The van der Waals surface area contributed by atoms with E-state index >= 15 is 0 Å². The minimum absolute atomic E-state index is 0.0841. The minimum atomic E-state index is -4.96. The second-order valence-electron chi connectivity index (χ2n) is 26.0. The predicted octanol–water partition coefficient (Wildman–Crippen LogP) is 19.4. The molecule has 5 atom stereocenters. The van der Waals surface area contributed by atoms with E-state index < -0.39 is 97.5 Å². The number of phosphoric acid groups is 2. The third-order valence-electron chi connectivity index (χ3n) is 15.5. The first-order valence-electron chi connectivity index (χ1n) is 35.7. The maximum Gasteiger partial charge on any atom is 0.472 e. The number of hydrogen-bond acceptors (Lipinski definition) is 15. The molecule has 0 radical (unpaired) electrons. The lowest BCUT2D eigenvalue weighted by Crippen LogP contribution is -2.30. The zero-order chi connectivity index (χ0) is 65.9. The van der Waals surface area contributed by atoms with E-state index in [0.717, 1.165) is 121 Å². The number of phosphoric ester groups is 2. The second kappa shape index (κ2) is 60.5. The molecule has 17 nitrogen and oxygen atoms in total.